The van der Waals surface area contributed by atoms with Gasteiger partial charge in [-0.15, -0.1) is 0 Å². The van der Waals surface area contributed by atoms with Crippen molar-refractivity contribution in [2.75, 3.05) is 26.4 Å². The summed E-state index contributed by atoms with van der Waals surface area (Å²) in [5.41, 5.74) is 0. The van der Waals surface area contributed by atoms with E-state index >= 15 is 0 Å². The first-order valence-corrected chi connectivity index (χ1v) is 6.55. The highest BCUT2D eigenvalue weighted by Gasteiger charge is 2.03. The molecule has 0 bridgehead atoms. The van der Waals surface area contributed by atoms with Gasteiger partial charge in [-0.25, -0.2) is 0 Å². The quantitative estimate of drug-likeness (QED) is 0.415. The van der Waals surface area contributed by atoms with Crippen molar-refractivity contribution in [3.05, 3.63) is 0 Å². The van der Waals surface area contributed by atoms with E-state index in [-0.39, 0.29) is 12.1 Å². The van der Waals surface area contributed by atoms with Crippen LogP contribution in [0.5, 0.6) is 0 Å². The number of carbonyl (C=O) groups is 1. The molecule has 0 aromatic rings. The lowest BCUT2D eigenvalue weighted by atomic mass is 10.2. The van der Waals surface area contributed by atoms with Crippen LogP contribution in [-0.2, 0) is 19.0 Å². The fourth-order valence-electron chi connectivity index (χ4n) is 1.40. The molecule has 0 spiro atoms. The molecule has 0 N–H and O–H groups in total. The largest absolute Gasteiger partial charge is 0.466 e. The summed E-state index contributed by atoms with van der Waals surface area (Å²) in [4.78, 5) is 11.0. The third-order valence-corrected chi connectivity index (χ3v) is 2.29. The first-order valence-electron chi connectivity index (χ1n) is 6.55. The first kappa shape index (κ1) is 16.4. The second-order valence-corrected chi connectivity index (χ2v) is 3.96. The number of rotatable bonds is 11. The normalized spacial score (nSPS) is 12.4. The lowest BCUT2D eigenvalue weighted by molar-refractivity contribution is -0.143. The molecule has 0 fully saturated rings. The summed E-state index contributed by atoms with van der Waals surface area (Å²) in [6, 6.07) is 0. The molecule has 102 valence electrons. The Morgan fingerprint density at radius 3 is 2.53 bits per heavy atom. The number of unbranched alkanes of at least 4 members (excludes halogenated alkanes) is 2. The van der Waals surface area contributed by atoms with Crippen molar-refractivity contribution < 1.29 is 19.0 Å². The fourth-order valence-corrected chi connectivity index (χ4v) is 1.40. The smallest absolute Gasteiger partial charge is 0.305 e. The van der Waals surface area contributed by atoms with Crippen molar-refractivity contribution in [1.82, 2.24) is 0 Å². The molecule has 0 aromatic heterocycles. The molecule has 4 nitrogen and oxygen atoms in total. The molecule has 0 aliphatic carbocycles. The van der Waals surface area contributed by atoms with Crippen molar-refractivity contribution in [3.8, 4) is 0 Å². The van der Waals surface area contributed by atoms with Gasteiger partial charge in [0.15, 0.2) is 0 Å². The average molecular weight is 246 g/mol. The van der Waals surface area contributed by atoms with Crippen LogP contribution in [0.1, 0.15) is 46.5 Å². The predicted molar refractivity (Wildman–Crippen MR) is 67.0 cm³/mol. The van der Waals surface area contributed by atoms with E-state index in [2.05, 4.69) is 0 Å². The highest BCUT2D eigenvalue weighted by Crippen LogP contribution is 2.03. The Labute approximate surface area is 105 Å². The van der Waals surface area contributed by atoms with E-state index in [0.29, 0.717) is 19.6 Å². The average Bonchev–Trinajstić information content (AvgIpc) is 2.31. The SMILES string of the molecule is CCOCC(C)OCCCCCC(=O)OCC. The first-order chi connectivity index (χ1) is 8.20. The molecule has 0 rings (SSSR count). The van der Waals surface area contributed by atoms with E-state index in [0.717, 1.165) is 32.5 Å². The van der Waals surface area contributed by atoms with E-state index in [9.17, 15) is 4.79 Å². The van der Waals surface area contributed by atoms with Crippen molar-refractivity contribution in [3.63, 3.8) is 0 Å². The van der Waals surface area contributed by atoms with E-state index < -0.39 is 0 Å². The summed E-state index contributed by atoms with van der Waals surface area (Å²) in [5.74, 6) is -0.0990. The summed E-state index contributed by atoms with van der Waals surface area (Å²) >= 11 is 0. The van der Waals surface area contributed by atoms with Crippen LogP contribution < -0.4 is 0 Å². The molecule has 0 saturated heterocycles. The molecular weight excluding hydrogens is 220 g/mol. The Bertz CT molecular complexity index is 182. The third kappa shape index (κ3) is 11.6. The Hall–Kier alpha value is -0.610. The molecule has 0 radical (unpaired) electrons. The van der Waals surface area contributed by atoms with Crippen molar-refractivity contribution in [2.24, 2.45) is 0 Å². The van der Waals surface area contributed by atoms with Gasteiger partial charge >= 0.3 is 5.97 Å². The second kappa shape index (κ2) is 11.9. The molecule has 0 heterocycles. The molecular formula is C13H26O4. The number of hydrogen-bond donors (Lipinski definition) is 0. The zero-order chi connectivity index (χ0) is 12.9. The van der Waals surface area contributed by atoms with E-state index in [1.165, 1.54) is 0 Å². The van der Waals surface area contributed by atoms with Gasteiger partial charge in [0.2, 0.25) is 0 Å². The van der Waals surface area contributed by atoms with Crippen molar-refractivity contribution in [2.45, 2.75) is 52.6 Å². The van der Waals surface area contributed by atoms with Gasteiger partial charge in [-0.1, -0.05) is 6.42 Å². The van der Waals surface area contributed by atoms with Gasteiger partial charge in [0.05, 0.1) is 19.3 Å². The third-order valence-electron chi connectivity index (χ3n) is 2.29. The predicted octanol–water partition coefficient (Wildman–Crippen LogP) is 2.55. The van der Waals surface area contributed by atoms with Crippen LogP contribution in [0.25, 0.3) is 0 Å². The van der Waals surface area contributed by atoms with Crippen molar-refractivity contribution in [1.29, 1.82) is 0 Å². The maximum atomic E-state index is 11.0. The monoisotopic (exact) mass is 246 g/mol. The number of hydrogen-bond acceptors (Lipinski definition) is 4. The maximum Gasteiger partial charge on any atom is 0.305 e. The van der Waals surface area contributed by atoms with Gasteiger partial charge in [-0.2, -0.15) is 0 Å². The van der Waals surface area contributed by atoms with Crippen LogP contribution in [0.15, 0.2) is 0 Å². The Morgan fingerprint density at radius 2 is 1.88 bits per heavy atom. The van der Waals surface area contributed by atoms with E-state index in [4.69, 9.17) is 14.2 Å². The van der Waals surface area contributed by atoms with Gasteiger partial charge in [0, 0.05) is 19.6 Å². The molecule has 1 unspecified atom stereocenters. The van der Waals surface area contributed by atoms with Gasteiger partial charge in [-0.05, 0) is 33.6 Å². The summed E-state index contributed by atoms with van der Waals surface area (Å²) in [5, 5.41) is 0. The minimum atomic E-state index is -0.0990. The van der Waals surface area contributed by atoms with Crippen LogP contribution in [0.2, 0.25) is 0 Å². The standard InChI is InChI=1S/C13H26O4/c1-4-15-11-12(3)17-10-8-6-7-9-13(14)16-5-2/h12H,4-11H2,1-3H3. The second-order valence-electron chi connectivity index (χ2n) is 3.96. The van der Waals surface area contributed by atoms with Gasteiger partial charge < -0.3 is 14.2 Å². The molecule has 0 amide bonds. The molecule has 17 heavy (non-hydrogen) atoms. The van der Waals surface area contributed by atoms with Crippen LogP contribution in [0.4, 0.5) is 0 Å². The highest BCUT2D eigenvalue weighted by molar-refractivity contribution is 5.69. The maximum absolute atomic E-state index is 11.0. The minimum absolute atomic E-state index is 0.0990. The lowest BCUT2D eigenvalue weighted by Crippen LogP contribution is -2.16. The van der Waals surface area contributed by atoms with E-state index in [1.807, 2.05) is 20.8 Å². The highest BCUT2D eigenvalue weighted by atomic mass is 16.5. The number of esters is 1. The molecule has 0 aliphatic rings. The summed E-state index contributed by atoms with van der Waals surface area (Å²) in [6.45, 7) is 8.39. The number of ether oxygens (including phenoxy) is 3. The molecule has 0 aromatic carbocycles. The summed E-state index contributed by atoms with van der Waals surface area (Å²) in [7, 11) is 0. The topological polar surface area (TPSA) is 44.8 Å². The zero-order valence-electron chi connectivity index (χ0n) is 11.4. The van der Waals surface area contributed by atoms with Crippen molar-refractivity contribution >= 4 is 5.97 Å². The Balaban J connectivity index is 3.20. The van der Waals surface area contributed by atoms with Gasteiger partial charge in [-0.3, -0.25) is 4.79 Å². The van der Waals surface area contributed by atoms with E-state index in [1.54, 1.807) is 0 Å². The fraction of sp³-hybridized carbons (Fsp3) is 0.923. The zero-order valence-corrected chi connectivity index (χ0v) is 11.4. The van der Waals surface area contributed by atoms with Crippen LogP contribution >= 0.6 is 0 Å². The molecule has 1 atom stereocenters. The molecule has 0 aliphatic heterocycles. The minimum Gasteiger partial charge on any atom is -0.466 e. The number of carbonyl (C=O) groups excluding carboxylic acids is 1. The van der Waals surface area contributed by atoms with Crippen LogP contribution in [-0.4, -0.2) is 38.5 Å². The van der Waals surface area contributed by atoms with Crippen LogP contribution in [0, 0.1) is 0 Å². The Kier molecular flexibility index (Phi) is 11.4. The lowest BCUT2D eigenvalue weighted by Gasteiger charge is -2.12. The van der Waals surface area contributed by atoms with Gasteiger partial charge in [0.1, 0.15) is 0 Å². The summed E-state index contributed by atoms with van der Waals surface area (Å²) in [6.07, 6.45) is 3.53. The summed E-state index contributed by atoms with van der Waals surface area (Å²) < 4.78 is 15.6. The molecule has 0 saturated carbocycles. The van der Waals surface area contributed by atoms with Crippen LogP contribution in [0.3, 0.4) is 0 Å². The molecule has 4 heteroatoms. The Morgan fingerprint density at radius 1 is 1.12 bits per heavy atom. The van der Waals surface area contributed by atoms with Gasteiger partial charge in [0.25, 0.3) is 0 Å².